The summed E-state index contributed by atoms with van der Waals surface area (Å²) in [5.74, 6) is -0.0660. The van der Waals surface area contributed by atoms with Crippen molar-refractivity contribution in [2.45, 2.75) is 12.1 Å². The van der Waals surface area contributed by atoms with Crippen LogP contribution in [0.2, 0.25) is 10.0 Å². The van der Waals surface area contributed by atoms with Gasteiger partial charge in [-0.2, -0.15) is 0 Å². The number of likely N-dealkylation sites (tertiary alicyclic amines) is 1. The van der Waals surface area contributed by atoms with E-state index in [0.717, 1.165) is 42.8 Å². The Bertz CT molecular complexity index is 1130. The van der Waals surface area contributed by atoms with Crippen LogP contribution in [0.25, 0.3) is 10.9 Å². The molecule has 5 rings (SSSR count). The number of hydrogen-bond acceptors (Lipinski definition) is 5. The molecular formula is C24H24Cl2N4O2. The van der Waals surface area contributed by atoms with Gasteiger partial charge in [0.05, 0.1) is 17.7 Å². The Balaban J connectivity index is 1.25. The van der Waals surface area contributed by atoms with Gasteiger partial charge in [-0.15, -0.1) is 0 Å². The van der Waals surface area contributed by atoms with Gasteiger partial charge in [0.2, 0.25) is 0 Å². The van der Waals surface area contributed by atoms with Gasteiger partial charge in [-0.25, -0.2) is 0 Å². The number of aliphatic hydroxyl groups excluding tert-OH is 1. The number of anilines is 1. The highest BCUT2D eigenvalue weighted by atomic mass is 35.5. The fourth-order valence-electron chi connectivity index (χ4n) is 4.75. The summed E-state index contributed by atoms with van der Waals surface area (Å²) < 4.78 is 0. The number of rotatable bonds is 3. The largest absolute Gasteiger partial charge is 0.390 e. The molecular weight excluding hydrogens is 447 g/mol. The van der Waals surface area contributed by atoms with Gasteiger partial charge in [0.15, 0.2) is 0 Å². The Morgan fingerprint density at radius 2 is 1.66 bits per heavy atom. The molecule has 2 saturated heterocycles. The average Bonchev–Trinajstić information content (AvgIpc) is 3.20. The van der Waals surface area contributed by atoms with Crippen LogP contribution in [0, 0.1) is 0 Å². The van der Waals surface area contributed by atoms with Gasteiger partial charge >= 0.3 is 0 Å². The number of carbonyl (C=O) groups excluding carboxylic acids is 1. The van der Waals surface area contributed by atoms with Gasteiger partial charge < -0.3 is 14.9 Å². The number of halogens is 2. The number of hydrogen-bond donors (Lipinski definition) is 1. The van der Waals surface area contributed by atoms with Crippen LogP contribution >= 0.6 is 23.2 Å². The molecule has 0 unspecified atom stereocenters. The van der Waals surface area contributed by atoms with E-state index in [1.807, 2.05) is 30.5 Å². The number of β-amino-alcohol motifs (C(OH)–C–C–N with tert-alkyl or cyclic N) is 1. The second-order valence-electron chi connectivity index (χ2n) is 8.37. The maximum Gasteiger partial charge on any atom is 0.253 e. The lowest BCUT2D eigenvalue weighted by Crippen LogP contribution is -2.53. The Labute approximate surface area is 197 Å². The maximum atomic E-state index is 12.8. The van der Waals surface area contributed by atoms with Gasteiger partial charge in [-0.1, -0.05) is 23.2 Å². The number of aliphatic hydroxyl groups is 1. The molecule has 166 valence electrons. The minimum atomic E-state index is -0.554. The molecule has 0 aliphatic carbocycles. The van der Waals surface area contributed by atoms with Crippen LogP contribution in [-0.4, -0.2) is 77.2 Å². The van der Waals surface area contributed by atoms with E-state index in [1.54, 1.807) is 29.2 Å². The van der Waals surface area contributed by atoms with Gasteiger partial charge in [-0.05, 0) is 48.5 Å². The van der Waals surface area contributed by atoms with Crippen LogP contribution < -0.4 is 4.90 Å². The fourth-order valence-corrected chi connectivity index (χ4v) is 5.04. The lowest BCUT2D eigenvalue weighted by atomic mass is 10.1. The predicted octanol–water partition coefficient (Wildman–Crippen LogP) is 3.55. The Morgan fingerprint density at radius 1 is 0.938 bits per heavy atom. The minimum Gasteiger partial charge on any atom is -0.390 e. The topological polar surface area (TPSA) is 59.9 Å². The van der Waals surface area contributed by atoms with E-state index in [2.05, 4.69) is 14.8 Å². The lowest BCUT2D eigenvalue weighted by molar-refractivity contribution is 0.0754. The van der Waals surface area contributed by atoms with Crippen LogP contribution in [0.4, 0.5) is 5.69 Å². The van der Waals surface area contributed by atoms with Crippen molar-refractivity contribution in [1.29, 1.82) is 0 Å². The van der Waals surface area contributed by atoms with Crippen LogP contribution in [0.1, 0.15) is 10.4 Å². The van der Waals surface area contributed by atoms with Crippen molar-refractivity contribution < 1.29 is 9.90 Å². The van der Waals surface area contributed by atoms with E-state index in [1.165, 1.54) is 0 Å². The third-order valence-corrected chi connectivity index (χ3v) is 6.93. The molecule has 2 atom stereocenters. The lowest BCUT2D eigenvalue weighted by Gasteiger charge is -2.40. The predicted molar refractivity (Wildman–Crippen MR) is 128 cm³/mol. The third kappa shape index (κ3) is 4.16. The number of fused-ring (bicyclic) bond motifs is 1. The molecule has 0 saturated carbocycles. The number of benzene rings is 2. The van der Waals surface area contributed by atoms with Crippen molar-refractivity contribution in [1.82, 2.24) is 14.8 Å². The van der Waals surface area contributed by atoms with Crippen LogP contribution in [0.5, 0.6) is 0 Å². The van der Waals surface area contributed by atoms with E-state index >= 15 is 0 Å². The zero-order valence-corrected chi connectivity index (χ0v) is 19.0. The molecule has 0 bridgehead atoms. The summed E-state index contributed by atoms with van der Waals surface area (Å²) in [7, 11) is 0. The van der Waals surface area contributed by atoms with E-state index < -0.39 is 6.10 Å². The molecule has 0 radical (unpaired) electrons. The first-order chi connectivity index (χ1) is 15.5. The highest BCUT2D eigenvalue weighted by molar-refractivity contribution is 6.31. The van der Waals surface area contributed by atoms with E-state index in [9.17, 15) is 9.90 Å². The standard InChI is InChI=1S/C24H24Cl2N4O2/c25-17-3-1-16(2-4-17)24(32)30-14-22(23(31)15-30)29-11-9-28(10-12-29)21-7-8-27-20-13-18(26)5-6-19(20)21/h1-8,13,22-23,31H,9-12,14-15H2/t22-,23-/m1/s1. The van der Waals surface area contributed by atoms with Crippen molar-refractivity contribution in [2.24, 2.45) is 0 Å². The molecule has 2 aliphatic rings. The van der Waals surface area contributed by atoms with Crippen molar-refractivity contribution in [3.63, 3.8) is 0 Å². The second-order valence-corrected chi connectivity index (χ2v) is 9.24. The first-order valence-corrected chi connectivity index (χ1v) is 11.5. The second kappa shape index (κ2) is 8.87. The maximum absolute atomic E-state index is 12.8. The summed E-state index contributed by atoms with van der Waals surface area (Å²) in [6.45, 7) is 4.21. The van der Waals surface area contributed by atoms with Crippen molar-refractivity contribution in [3.05, 3.63) is 70.3 Å². The van der Waals surface area contributed by atoms with Gasteiger partial charge in [0.1, 0.15) is 0 Å². The van der Waals surface area contributed by atoms with Gasteiger partial charge in [0, 0.05) is 72.1 Å². The SMILES string of the molecule is O=C(c1ccc(Cl)cc1)N1C[C@@H](O)[C@H](N2CCN(c3ccnc4cc(Cl)ccc34)CC2)C1. The zero-order chi connectivity index (χ0) is 22.2. The molecule has 2 aromatic carbocycles. The Hall–Kier alpha value is -2.38. The van der Waals surface area contributed by atoms with E-state index in [4.69, 9.17) is 23.2 Å². The summed E-state index contributed by atoms with van der Waals surface area (Å²) >= 11 is 12.1. The van der Waals surface area contributed by atoms with Gasteiger partial charge in [0.25, 0.3) is 5.91 Å². The van der Waals surface area contributed by atoms with E-state index in [-0.39, 0.29) is 11.9 Å². The fraction of sp³-hybridized carbons (Fsp3) is 0.333. The molecule has 1 amide bonds. The Morgan fingerprint density at radius 3 is 2.41 bits per heavy atom. The van der Waals surface area contributed by atoms with Crippen molar-refractivity contribution >= 4 is 45.7 Å². The molecule has 6 nitrogen and oxygen atoms in total. The first kappa shape index (κ1) is 21.5. The monoisotopic (exact) mass is 470 g/mol. The molecule has 0 spiro atoms. The summed E-state index contributed by atoms with van der Waals surface area (Å²) in [6.07, 6.45) is 1.27. The smallest absolute Gasteiger partial charge is 0.253 e. The molecule has 1 aromatic heterocycles. The number of aromatic nitrogens is 1. The summed E-state index contributed by atoms with van der Waals surface area (Å²) in [4.78, 5) is 23.7. The zero-order valence-electron chi connectivity index (χ0n) is 17.5. The quantitative estimate of drug-likeness (QED) is 0.634. The Kier molecular flexibility index (Phi) is 5.95. The van der Waals surface area contributed by atoms with Crippen LogP contribution in [-0.2, 0) is 0 Å². The number of carbonyl (C=O) groups is 1. The number of nitrogens with zero attached hydrogens (tertiary/aromatic N) is 4. The summed E-state index contributed by atoms with van der Waals surface area (Å²) in [5, 5.41) is 13.1. The summed E-state index contributed by atoms with van der Waals surface area (Å²) in [6, 6.07) is 14.7. The number of pyridine rings is 1. The molecule has 1 N–H and O–H groups in total. The number of piperazine rings is 1. The van der Waals surface area contributed by atoms with Crippen LogP contribution in [0.15, 0.2) is 54.7 Å². The van der Waals surface area contributed by atoms with Gasteiger partial charge in [-0.3, -0.25) is 14.7 Å². The summed E-state index contributed by atoms with van der Waals surface area (Å²) in [5.41, 5.74) is 2.63. The first-order valence-electron chi connectivity index (χ1n) is 10.8. The van der Waals surface area contributed by atoms with Crippen molar-refractivity contribution in [2.75, 3.05) is 44.2 Å². The molecule has 3 heterocycles. The molecule has 3 aromatic rings. The highest BCUT2D eigenvalue weighted by Crippen LogP contribution is 2.29. The third-order valence-electron chi connectivity index (χ3n) is 6.44. The highest BCUT2D eigenvalue weighted by Gasteiger charge is 2.39. The molecule has 2 aliphatic heterocycles. The normalized spacial score (nSPS) is 22.0. The molecule has 2 fully saturated rings. The molecule has 32 heavy (non-hydrogen) atoms. The molecule has 8 heteroatoms. The number of amides is 1. The van der Waals surface area contributed by atoms with E-state index in [0.29, 0.717) is 28.7 Å². The minimum absolute atomic E-state index is 0.0543. The van der Waals surface area contributed by atoms with Crippen molar-refractivity contribution in [3.8, 4) is 0 Å². The van der Waals surface area contributed by atoms with Crippen LogP contribution in [0.3, 0.4) is 0 Å². The average molecular weight is 471 g/mol.